The lowest BCUT2D eigenvalue weighted by molar-refractivity contribution is 0.104. The van der Waals surface area contributed by atoms with E-state index in [1.807, 2.05) is 66.4 Å². The Balaban J connectivity index is 2.15. The van der Waals surface area contributed by atoms with Gasteiger partial charge in [0.05, 0.1) is 5.69 Å². The van der Waals surface area contributed by atoms with Crippen LogP contribution in [-0.4, -0.2) is 10.4 Å². The number of allylic oxidation sites excluding steroid dienone is 1. The van der Waals surface area contributed by atoms with Crippen molar-refractivity contribution in [2.75, 3.05) is 0 Å². The van der Waals surface area contributed by atoms with Crippen molar-refractivity contribution < 1.29 is 4.79 Å². The molecule has 2 aromatic rings. The number of ketones is 1. The van der Waals surface area contributed by atoms with Crippen molar-refractivity contribution in [3.63, 3.8) is 0 Å². The molecule has 1 aromatic heterocycles. The Morgan fingerprint density at radius 1 is 1.12 bits per heavy atom. The summed E-state index contributed by atoms with van der Waals surface area (Å²) in [5.41, 5.74) is 1.73. The zero-order chi connectivity index (χ0) is 11.4. The van der Waals surface area contributed by atoms with E-state index in [1.54, 1.807) is 6.08 Å². The van der Waals surface area contributed by atoms with Crippen molar-refractivity contribution in [2.24, 2.45) is 7.05 Å². The SMILES string of the molecule is Cn1cccc1C(=O)/C=C/c1ccccc1. The highest BCUT2D eigenvalue weighted by molar-refractivity contribution is 6.05. The topological polar surface area (TPSA) is 22.0 Å². The van der Waals surface area contributed by atoms with Crippen LogP contribution in [0.15, 0.2) is 54.7 Å². The highest BCUT2D eigenvalue weighted by atomic mass is 16.1. The Hall–Kier alpha value is -2.09. The van der Waals surface area contributed by atoms with Crippen molar-refractivity contribution in [1.29, 1.82) is 0 Å². The van der Waals surface area contributed by atoms with E-state index >= 15 is 0 Å². The Bertz CT molecular complexity index is 509. The van der Waals surface area contributed by atoms with Crippen LogP contribution >= 0.6 is 0 Å². The lowest BCUT2D eigenvalue weighted by Gasteiger charge is -1.97. The molecule has 2 nitrogen and oxygen atoms in total. The molecule has 0 bridgehead atoms. The number of carbonyl (C=O) groups is 1. The molecule has 1 aromatic carbocycles. The average molecular weight is 211 g/mol. The molecule has 0 aliphatic carbocycles. The second-order valence-electron chi connectivity index (χ2n) is 3.61. The molecule has 0 spiro atoms. The Morgan fingerprint density at radius 3 is 2.50 bits per heavy atom. The quantitative estimate of drug-likeness (QED) is 0.565. The van der Waals surface area contributed by atoms with Gasteiger partial charge >= 0.3 is 0 Å². The van der Waals surface area contributed by atoms with Gasteiger partial charge in [0.25, 0.3) is 0 Å². The highest BCUT2D eigenvalue weighted by Gasteiger charge is 2.03. The fraction of sp³-hybridized carbons (Fsp3) is 0.0714. The minimum atomic E-state index is 0.0244. The van der Waals surface area contributed by atoms with Crippen LogP contribution in [0.4, 0.5) is 0 Å². The van der Waals surface area contributed by atoms with E-state index in [0.29, 0.717) is 5.69 Å². The van der Waals surface area contributed by atoms with Gasteiger partial charge in [-0.25, -0.2) is 0 Å². The summed E-state index contributed by atoms with van der Waals surface area (Å²) in [6.07, 6.45) is 5.30. The molecule has 16 heavy (non-hydrogen) atoms. The number of hydrogen-bond acceptors (Lipinski definition) is 1. The van der Waals surface area contributed by atoms with Crippen LogP contribution in [0.1, 0.15) is 16.1 Å². The van der Waals surface area contributed by atoms with Gasteiger partial charge in [-0.1, -0.05) is 36.4 Å². The average Bonchev–Trinajstić information content (AvgIpc) is 2.74. The first-order valence-electron chi connectivity index (χ1n) is 5.16. The summed E-state index contributed by atoms with van der Waals surface area (Å²) in [6.45, 7) is 0. The Labute approximate surface area is 94.8 Å². The monoisotopic (exact) mass is 211 g/mol. The molecule has 0 N–H and O–H groups in total. The second kappa shape index (κ2) is 4.62. The second-order valence-corrected chi connectivity index (χ2v) is 3.61. The summed E-state index contributed by atoms with van der Waals surface area (Å²) in [5.74, 6) is 0.0244. The van der Waals surface area contributed by atoms with Crippen molar-refractivity contribution in [1.82, 2.24) is 4.57 Å². The summed E-state index contributed by atoms with van der Waals surface area (Å²) in [5, 5.41) is 0. The normalized spacial score (nSPS) is 10.8. The molecule has 0 saturated carbocycles. The van der Waals surface area contributed by atoms with Crippen LogP contribution in [0.2, 0.25) is 0 Å². The van der Waals surface area contributed by atoms with Crippen LogP contribution in [0.3, 0.4) is 0 Å². The standard InChI is InChI=1S/C14H13NO/c1-15-11-5-8-13(15)14(16)10-9-12-6-3-2-4-7-12/h2-11H,1H3/b10-9+. The number of nitrogens with zero attached hydrogens (tertiary/aromatic N) is 1. The minimum Gasteiger partial charge on any atom is -0.348 e. The van der Waals surface area contributed by atoms with Gasteiger partial charge in [0.2, 0.25) is 5.78 Å². The third-order valence-electron chi connectivity index (χ3n) is 2.42. The molecule has 0 aliphatic rings. The number of aryl methyl sites for hydroxylation is 1. The molecule has 0 saturated heterocycles. The number of benzene rings is 1. The Morgan fingerprint density at radius 2 is 1.88 bits per heavy atom. The molecule has 2 heteroatoms. The van der Waals surface area contributed by atoms with Crippen molar-refractivity contribution in [2.45, 2.75) is 0 Å². The van der Waals surface area contributed by atoms with E-state index in [9.17, 15) is 4.79 Å². The number of rotatable bonds is 3. The lowest BCUT2D eigenvalue weighted by Crippen LogP contribution is -2.01. The smallest absolute Gasteiger partial charge is 0.202 e. The molecule has 2 rings (SSSR count). The third-order valence-corrected chi connectivity index (χ3v) is 2.42. The molecule has 0 fully saturated rings. The van der Waals surface area contributed by atoms with E-state index in [1.165, 1.54) is 0 Å². The first-order chi connectivity index (χ1) is 7.77. The predicted molar refractivity (Wildman–Crippen MR) is 65.2 cm³/mol. The van der Waals surface area contributed by atoms with Gasteiger partial charge in [-0.2, -0.15) is 0 Å². The van der Waals surface area contributed by atoms with Crippen LogP contribution < -0.4 is 0 Å². The molecule has 0 atom stereocenters. The number of carbonyl (C=O) groups excluding carboxylic acids is 1. The van der Waals surface area contributed by atoms with Crippen LogP contribution in [0, 0.1) is 0 Å². The van der Waals surface area contributed by atoms with Crippen LogP contribution in [0.25, 0.3) is 6.08 Å². The summed E-state index contributed by atoms with van der Waals surface area (Å²) >= 11 is 0. The van der Waals surface area contributed by atoms with Gasteiger partial charge in [-0.3, -0.25) is 4.79 Å². The molecule has 0 radical (unpaired) electrons. The maximum absolute atomic E-state index is 11.8. The Kier molecular flexibility index (Phi) is 3.01. The molecule has 80 valence electrons. The summed E-state index contributed by atoms with van der Waals surface area (Å²) in [7, 11) is 1.86. The van der Waals surface area contributed by atoms with E-state index in [2.05, 4.69) is 0 Å². The van der Waals surface area contributed by atoms with Gasteiger partial charge in [-0.05, 0) is 23.8 Å². The van der Waals surface area contributed by atoms with Crippen molar-refractivity contribution >= 4 is 11.9 Å². The number of aromatic nitrogens is 1. The molecule has 0 aliphatic heterocycles. The van der Waals surface area contributed by atoms with Gasteiger partial charge in [0.15, 0.2) is 0 Å². The van der Waals surface area contributed by atoms with E-state index in [4.69, 9.17) is 0 Å². The molecular formula is C14H13NO. The summed E-state index contributed by atoms with van der Waals surface area (Å²) in [6, 6.07) is 13.5. The fourth-order valence-electron chi connectivity index (χ4n) is 1.54. The maximum atomic E-state index is 11.8. The van der Waals surface area contributed by atoms with E-state index in [-0.39, 0.29) is 5.78 Å². The molecular weight excluding hydrogens is 198 g/mol. The summed E-state index contributed by atoms with van der Waals surface area (Å²) in [4.78, 5) is 11.8. The zero-order valence-corrected chi connectivity index (χ0v) is 9.13. The van der Waals surface area contributed by atoms with Crippen LogP contribution in [-0.2, 0) is 7.05 Å². The summed E-state index contributed by atoms with van der Waals surface area (Å²) < 4.78 is 1.82. The first kappa shape index (κ1) is 10.4. The van der Waals surface area contributed by atoms with E-state index in [0.717, 1.165) is 5.56 Å². The molecule has 0 unspecified atom stereocenters. The van der Waals surface area contributed by atoms with Crippen LogP contribution in [0.5, 0.6) is 0 Å². The van der Waals surface area contributed by atoms with Gasteiger partial charge in [0, 0.05) is 13.2 Å². The zero-order valence-electron chi connectivity index (χ0n) is 9.13. The molecule has 0 amide bonds. The lowest BCUT2D eigenvalue weighted by atomic mass is 10.2. The van der Waals surface area contributed by atoms with Gasteiger partial charge < -0.3 is 4.57 Å². The third kappa shape index (κ3) is 2.28. The number of hydrogen-bond donors (Lipinski definition) is 0. The maximum Gasteiger partial charge on any atom is 0.202 e. The van der Waals surface area contributed by atoms with Gasteiger partial charge in [0.1, 0.15) is 0 Å². The predicted octanol–water partition coefficient (Wildman–Crippen LogP) is 2.92. The van der Waals surface area contributed by atoms with Gasteiger partial charge in [-0.15, -0.1) is 0 Å². The van der Waals surface area contributed by atoms with E-state index < -0.39 is 0 Å². The van der Waals surface area contributed by atoms with Crippen molar-refractivity contribution in [3.8, 4) is 0 Å². The highest BCUT2D eigenvalue weighted by Crippen LogP contribution is 2.05. The van der Waals surface area contributed by atoms with Crippen molar-refractivity contribution in [3.05, 3.63) is 66.0 Å². The minimum absolute atomic E-state index is 0.0244. The first-order valence-corrected chi connectivity index (χ1v) is 5.16. The largest absolute Gasteiger partial charge is 0.348 e. The molecule has 1 heterocycles. The fourth-order valence-corrected chi connectivity index (χ4v) is 1.54.